The summed E-state index contributed by atoms with van der Waals surface area (Å²) in [6.07, 6.45) is 0. The molecule has 0 aliphatic carbocycles. The van der Waals surface area contributed by atoms with Gasteiger partial charge in [0.25, 0.3) is 0 Å². The maximum absolute atomic E-state index is 8.05. The molecular weight excluding hydrogens is 408 g/mol. The lowest BCUT2D eigenvalue weighted by Crippen LogP contribution is -2.33. The highest BCUT2D eigenvalue weighted by molar-refractivity contribution is 6.28. The highest BCUT2D eigenvalue weighted by atomic mass is 35.5. The van der Waals surface area contributed by atoms with Crippen LogP contribution in [0.4, 0.5) is 0 Å². The van der Waals surface area contributed by atoms with E-state index in [9.17, 15) is 0 Å². The maximum atomic E-state index is 8.05. The summed E-state index contributed by atoms with van der Waals surface area (Å²) in [7, 11) is 0. The molecule has 0 atom stereocenters. The zero-order chi connectivity index (χ0) is 23.9. The lowest BCUT2D eigenvalue weighted by molar-refractivity contribution is 0.554. The van der Waals surface area contributed by atoms with Gasteiger partial charge in [0.05, 0.1) is 0 Å². The second-order valence-electron chi connectivity index (χ2n) is 12.0. The molecule has 3 aromatic carbocycles. The Bertz CT molecular complexity index is 945. The lowest BCUT2D eigenvalue weighted by atomic mass is 9.69. The van der Waals surface area contributed by atoms with Crippen LogP contribution in [-0.2, 0) is 21.1 Å². The van der Waals surface area contributed by atoms with E-state index in [2.05, 4.69) is 135 Å². The summed E-state index contributed by atoms with van der Waals surface area (Å²) >= 11 is 8.05. The average Bonchev–Trinajstić information content (AvgIpc) is 2.71. The Balaban J connectivity index is 2.54. The van der Waals surface area contributed by atoms with Crippen molar-refractivity contribution in [1.29, 1.82) is 0 Å². The number of alkyl halides is 1. The quantitative estimate of drug-likeness (QED) is 0.278. The van der Waals surface area contributed by atoms with E-state index < -0.39 is 4.87 Å². The van der Waals surface area contributed by atoms with Gasteiger partial charge < -0.3 is 0 Å². The normalized spacial score (nSPS) is 13.3. The van der Waals surface area contributed by atoms with Crippen molar-refractivity contribution in [2.24, 2.45) is 0 Å². The number of hydrogen-bond donors (Lipinski definition) is 0. The minimum atomic E-state index is -0.808. The third-order valence-corrected chi connectivity index (χ3v) is 6.93. The predicted octanol–water partition coefficient (Wildman–Crippen LogP) is 9.11. The molecular formula is C31H39Cl. The summed E-state index contributed by atoms with van der Waals surface area (Å²) in [5.41, 5.74) is 7.23. The van der Waals surface area contributed by atoms with Crippen LogP contribution in [-0.4, -0.2) is 0 Å². The minimum Gasteiger partial charge on any atom is -0.104 e. The van der Waals surface area contributed by atoms with Gasteiger partial charge in [0.2, 0.25) is 0 Å². The molecule has 0 amide bonds. The molecule has 0 aromatic heterocycles. The summed E-state index contributed by atoms with van der Waals surface area (Å²) in [5, 5.41) is 0. The van der Waals surface area contributed by atoms with E-state index in [1.54, 1.807) is 0 Å². The molecule has 0 aliphatic heterocycles. The van der Waals surface area contributed by atoms with Crippen LogP contribution in [0.3, 0.4) is 0 Å². The fraction of sp³-hybridized carbons (Fsp3) is 0.419. The van der Waals surface area contributed by atoms with E-state index in [1.165, 1.54) is 33.4 Å². The van der Waals surface area contributed by atoms with Gasteiger partial charge in [-0.05, 0) is 49.6 Å². The number of hydrogen-bond acceptors (Lipinski definition) is 0. The van der Waals surface area contributed by atoms with Crippen LogP contribution < -0.4 is 0 Å². The second kappa shape index (κ2) is 8.38. The Morgan fingerprint density at radius 3 is 0.750 bits per heavy atom. The zero-order valence-corrected chi connectivity index (χ0v) is 22.1. The van der Waals surface area contributed by atoms with Crippen molar-refractivity contribution in [3.05, 3.63) is 106 Å². The molecule has 0 nitrogen and oxygen atoms in total. The third kappa shape index (κ3) is 4.53. The predicted molar refractivity (Wildman–Crippen MR) is 141 cm³/mol. The molecule has 0 heterocycles. The molecule has 0 bridgehead atoms. The molecule has 0 radical (unpaired) electrons. The fourth-order valence-electron chi connectivity index (χ4n) is 4.75. The molecule has 170 valence electrons. The van der Waals surface area contributed by atoms with E-state index in [-0.39, 0.29) is 16.2 Å². The standard InChI is InChI=1S/C31H39Cl/c1-28(2,3)22-16-10-13-19-25(22)31(32,26-20-14-11-17-23(26)29(4,5)6)27-21-15-12-18-24(27)30(7,8)9/h10-21H,1-9H3. The maximum Gasteiger partial charge on any atom is 0.120 e. The zero-order valence-electron chi connectivity index (χ0n) is 21.3. The molecule has 0 saturated carbocycles. The lowest BCUT2D eigenvalue weighted by Gasteiger charge is -2.40. The molecule has 3 rings (SSSR count). The first-order valence-corrected chi connectivity index (χ1v) is 12.0. The molecule has 0 spiro atoms. The Kier molecular flexibility index (Phi) is 6.44. The first kappa shape index (κ1) is 24.6. The van der Waals surface area contributed by atoms with Crippen LogP contribution in [0.5, 0.6) is 0 Å². The Labute approximate surface area is 201 Å². The summed E-state index contributed by atoms with van der Waals surface area (Å²) in [6.45, 7) is 20.5. The van der Waals surface area contributed by atoms with Crippen LogP contribution in [0.1, 0.15) is 95.7 Å². The van der Waals surface area contributed by atoms with Gasteiger partial charge in [-0.25, -0.2) is 0 Å². The van der Waals surface area contributed by atoms with Gasteiger partial charge in [-0.15, -0.1) is 11.6 Å². The largest absolute Gasteiger partial charge is 0.120 e. The highest BCUT2D eigenvalue weighted by Crippen LogP contribution is 2.51. The van der Waals surface area contributed by atoms with Crippen LogP contribution in [0, 0.1) is 0 Å². The molecule has 0 aliphatic rings. The first-order chi connectivity index (χ1) is 14.7. The van der Waals surface area contributed by atoms with Crippen molar-refractivity contribution in [2.75, 3.05) is 0 Å². The smallest absolute Gasteiger partial charge is 0.104 e. The number of rotatable bonds is 3. The highest BCUT2D eigenvalue weighted by Gasteiger charge is 2.43. The fourth-order valence-corrected chi connectivity index (χ4v) is 5.24. The summed E-state index contributed by atoms with van der Waals surface area (Å²) in [6, 6.07) is 26.2. The summed E-state index contributed by atoms with van der Waals surface area (Å²) in [4.78, 5) is -0.808. The summed E-state index contributed by atoms with van der Waals surface area (Å²) < 4.78 is 0. The Hall–Kier alpha value is -2.05. The van der Waals surface area contributed by atoms with Crippen LogP contribution in [0.15, 0.2) is 72.8 Å². The van der Waals surface area contributed by atoms with Crippen molar-refractivity contribution in [3.63, 3.8) is 0 Å². The van der Waals surface area contributed by atoms with Crippen molar-refractivity contribution in [1.82, 2.24) is 0 Å². The van der Waals surface area contributed by atoms with Gasteiger partial charge in [-0.2, -0.15) is 0 Å². The third-order valence-electron chi connectivity index (χ3n) is 6.32. The van der Waals surface area contributed by atoms with Gasteiger partial charge >= 0.3 is 0 Å². The van der Waals surface area contributed by atoms with Gasteiger partial charge in [0.15, 0.2) is 0 Å². The van der Waals surface area contributed by atoms with Gasteiger partial charge in [0, 0.05) is 0 Å². The number of benzene rings is 3. The van der Waals surface area contributed by atoms with E-state index in [1.807, 2.05) is 0 Å². The van der Waals surface area contributed by atoms with Gasteiger partial charge in [-0.1, -0.05) is 135 Å². The molecule has 0 saturated heterocycles. The van der Waals surface area contributed by atoms with Gasteiger partial charge in [-0.3, -0.25) is 0 Å². The summed E-state index contributed by atoms with van der Waals surface area (Å²) in [5.74, 6) is 0. The Morgan fingerprint density at radius 2 is 0.562 bits per heavy atom. The van der Waals surface area contributed by atoms with Crippen molar-refractivity contribution < 1.29 is 0 Å². The average molecular weight is 447 g/mol. The molecule has 1 heteroatoms. The number of halogens is 1. The van der Waals surface area contributed by atoms with E-state index >= 15 is 0 Å². The first-order valence-electron chi connectivity index (χ1n) is 11.7. The van der Waals surface area contributed by atoms with Crippen LogP contribution >= 0.6 is 11.6 Å². The van der Waals surface area contributed by atoms with Crippen LogP contribution in [0.25, 0.3) is 0 Å². The van der Waals surface area contributed by atoms with Crippen molar-refractivity contribution >= 4 is 11.6 Å². The van der Waals surface area contributed by atoms with E-state index in [4.69, 9.17) is 11.6 Å². The van der Waals surface area contributed by atoms with Crippen molar-refractivity contribution in [2.45, 2.75) is 83.4 Å². The molecule has 32 heavy (non-hydrogen) atoms. The SMILES string of the molecule is CC(C)(C)c1ccccc1C(Cl)(c1ccccc1C(C)(C)C)c1ccccc1C(C)(C)C. The van der Waals surface area contributed by atoms with Crippen LogP contribution in [0.2, 0.25) is 0 Å². The van der Waals surface area contributed by atoms with Crippen molar-refractivity contribution in [3.8, 4) is 0 Å². The Morgan fingerprint density at radius 1 is 0.375 bits per heavy atom. The van der Waals surface area contributed by atoms with Gasteiger partial charge in [0.1, 0.15) is 4.87 Å². The molecule has 0 unspecified atom stereocenters. The minimum absolute atomic E-state index is 0.0376. The molecule has 0 N–H and O–H groups in total. The topological polar surface area (TPSA) is 0 Å². The van der Waals surface area contributed by atoms with E-state index in [0.29, 0.717) is 0 Å². The second-order valence-corrected chi connectivity index (χ2v) is 12.6. The monoisotopic (exact) mass is 446 g/mol. The molecule has 0 fully saturated rings. The molecule has 3 aromatic rings. The van der Waals surface area contributed by atoms with E-state index in [0.717, 1.165) is 0 Å².